The van der Waals surface area contributed by atoms with Crippen LogP contribution in [0.4, 0.5) is 4.39 Å². The average molecular weight is 249 g/mol. The van der Waals surface area contributed by atoms with Crippen LogP contribution in [-0.4, -0.2) is 34.6 Å². The van der Waals surface area contributed by atoms with Gasteiger partial charge in [-0.05, 0) is 37.8 Å². The molecular weight excluding hydrogens is 233 g/mol. The van der Waals surface area contributed by atoms with Crippen molar-refractivity contribution in [3.05, 3.63) is 35.1 Å². The lowest BCUT2D eigenvalue weighted by molar-refractivity contribution is -0.0959. The summed E-state index contributed by atoms with van der Waals surface area (Å²) < 4.78 is 13.6. The van der Waals surface area contributed by atoms with E-state index < -0.39 is 11.4 Å². The maximum Gasteiger partial charge on any atom is 0.257 e. The van der Waals surface area contributed by atoms with E-state index in [0.717, 1.165) is 18.4 Å². The Kier molecular flexibility index (Phi) is 2.45. The van der Waals surface area contributed by atoms with Crippen LogP contribution >= 0.6 is 0 Å². The summed E-state index contributed by atoms with van der Waals surface area (Å²) in [5.41, 5.74) is 0.251. The van der Waals surface area contributed by atoms with Gasteiger partial charge >= 0.3 is 0 Å². The number of hydrogen-bond acceptors (Lipinski definition) is 2. The van der Waals surface area contributed by atoms with E-state index in [1.807, 2.05) is 6.92 Å². The van der Waals surface area contributed by atoms with E-state index in [1.165, 1.54) is 11.0 Å². The van der Waals surface area contributed by atoms with E-state index in [0.29, 0.717) is 19.0 Å². The van der Waals surface area contributed by atoms with Crippen molar-refractivity contribution < 1.29 is 14.3 Å². The van der Waals surface area contributed by atoms with Gasteiger partial charge < -0.3 is 10.0 Å². The van der Waals surface area contributed by atoms with Crippen molar-refractivity contribution in [3.8, 4) is 0 Å². The third-order valence-corrected chi connectivity index (χ3v) is 3.91. The van der Waals surface area contributed by atoms with E-state index in [1.54, 1.807) is 12.1 Å². The van der Waals surface area contributed by atoms with E-state index in [4.69, 9.17) is 0 Å². The van der Waals surface area contributed by atoms with Gasteiger partial charge in [0.1, 0.15) is 11.4 Å². The van der Waals surface area contributed by atoms with Crippen molar-refractivity contribution in [2.24, 2.45) is 5.92 Å². The molecule has 1 aliphatic heterocycles. The van der Waals surface area contributed by atoms with Gasteiger partial charge in [0.05, 0.1) is 18.7 Å². The first-order chi connectivity index (χ1) is 8.49. The van der Waals surface area contributed by atoms with Gasteiger partial charge in [0.2, 0.25) is 0 Å². The summed E-state index contributed by atoms with van der Waals surface area (Å²) >= 11 is 0. The van der Waals surface area contributed by atoms with Crippen molar-refractivity contribution in [2.75, 3.05) is 13.1 Å². The number of nitrogens with zero attached hydrogens (tertiary/aromatic N) is 1. The molecule has 2 fully saturated rings. The molecule has 18 heavy (non-hydrogen) atoms. The Morgan fingerprint density at radius 1 is 1.44 bits per heavy atom. The van der Waals surface area contributed by atoms with Gasteiger partial charge in [-0.1, -0.05) is 11.6 Å². The molecule has 0 bridgehead atoms. The molecule has 2 aliphatic rings. The molecule has 0 radical (unpaired) electrons. The Balaban J connectivity index is 1.74. The molecule has 0 unspecified atom stereocenters. The highest BCUT2D eigenvalue weighted by Gasteiger charge is 2.53. The minimum atomic E-state index is -0.712. The van der Waals surface area contributed by atoms with Gasteiger partial charge in [-0.2, -0.15) is 0 Å². The SMILES string of the molecule is Cc1ccc(F)c(C(=O)N2CC(O)(C3CC3)C2)c1. The van der Waals surface area contributed by atoms with E-state index in [2.05, 4.69) is 0 Å². The zero-order chi connectivity index (χ0) is 12.9. The topological polar surface area (TPSA) is 40.5 Å². The smallest absolute Gasteiger partial charge is 0.257 e. The molecule has 1 saturated carbocycles. The van der Waals surface area contributed by atoms with Gasteiger partial charge in [0.15, 0.2) is 0 Å². The molecule has 4 heteroatoms. The molecule has 1 amide bonds. The van der Waals surface area contributed by atoms with E-state index in [-0.39, 0.29) is 11.5 Å². The highest BCUT2D eigenvalue weighted by atomic mass is 19.1. The molecule has 3 nitrogen and oxygen atoms in total. The fourth-order valence-corrected chi connectivity index (χ4v) is 2.61. The molecule has 96 valence electrons. The molecule has 1 aromatic carbocycles. The molecule has 1 aliphatic carbocycles. The van der Waals surface area contributed by atoms with Gasteiger partial charge in [-0.3, -0.25) is 4.79 Å². The lowest BCUT2D eigenvalue weighted by Crippen LogP contribution is -2.64. The number of benzene rings is 1. The quantitative estimate of drug-likeness (QED) is 0.867. The van der Waals surface area contributed by atoms with Crippen LogP contribution in [0.5, 0.6) is 0 Å². The van der Waals surface area contributed by atoms with Crippen molar-refractivity contribution in [2.45, 2.75) is 25.4 Å². The first kappa shape index (κ1) is 11.7. The number of aryl methyl sites for hydroxylation is 1. The molecule has 0 atom stereocenters. The molecule has 0 aromatic heterocycles. The first-order valence-electron chi connectivity index (χ1n) is 6.27. The third-order valence-electron chi connectivity index (χ3n) is 3.91. The number of β-amino-alcohol motifs (C(OH)–C–C–N with tert-alkyl or cyclic N) is 1. The number of rotatable bonds is 2. The van der Waals surface area contributed by atoms with Crippen LogP contribution in [-0.2, 0) is 0 Å². The summed E-state index contributed by atoms with van der Waals surface area (Å²) in [6.45, 7) is 2.50. The monoisotopic (exact) mass is 249 g/mol. The summed E-state index contributed by atoms with van der Waals surface area (Å²) in [7, 11) is 0. The maximum absolute atomic E-state index is 13.6. The average Bonchev–Trinajstić information content (AvgIpc) is 3.11. The van der Waals surface area contributed by atoms with Crippen molar-refractivity contribution >= 4 is 5.91 Å². The Morgan fingerprint density at radius 3 is 2.72 bits per heavy atom. The molecule has 1 heterocycles. The Morgan fingerprint density at radius 2 is 2.11 bits per heavy atom. The number of likely N-dealkylation sites (tertiary alicyclic amines) is 1. The Bertz CT molecular complexity index is 505. The molecule has 1 saturated heterocycles. The maximum atomic E-state index is 13.6. The van der Waals surface area contributed by atoms with E-state index >= 15 is 0 Å². The van der Waals surface area contributed by atoms with Crippen LogP contribution < -0.4 is 0 Å². The number of halogens is 1. The second-order valence-corrected chi connectivity index (χ2v) is 5.52. The molecule has 3 rings (SSSR count). The minimum absolute atomic E-state index is 0.104. The van der Waals surface area contributed by atoms with Crippen LogP contribution in [0.2, 0.25) is 0 Å². The van der Waals surface area contributed by atoms with Crippen LogP contribution in [0, 0.1) is 18.7 Å². The van der Waals surface area contributed by atoms with Crippen LogP contribution in [0.25, 0.3) is 0 Å². The second-order valence-electron chi connectivity index (χ2n) is 5.52. The predicted octanol–water partition coefficient (Wildman–Crippen LogP) is 1.73. The van der Waals surface area contributed by atoms with Gasteiger partial charge in [-0.25, -0.2) is 4.39 Å². The van der Waals surface area contributed by atoms with Crippen molar-refractivity contribution in [1.82, 2.24) is 4.90 Å². The lowest BCUT2D eigenvalue weighted by Gasteiger charge is -2.47. The first-order valence-corrected chi connectivity index (χ1v) is 6.27. The fourth-order valence-electron chi connectivity index (χ4n) is 2.61. The highest BCUT2D eigenvalue weighted by molar-refractivity contribution is 5.95. The number of carbonyl (C=O) groups is 1. The minimum Gasteiger partial charge on any atom is -0.386 e. The van der Waals surface area contributed by atoms with Crippen LogP contribution in [0.3, 0.4) is 0 Å². The molecule has 0 spiro atoms. The highest BCUT2D eigenvalue weighted by Crippen LogP contribution is 2.44. The largest absolute Gasteiger partial charge is 0.386 e. The zero-order valence-electron chi connectivity index (χ0n) is 10.3. The fraction of sp³-hybridized carbons (Fsp3) is 0.500. The number of amides is 1. The summed E-state index contributed by atoms with van der Waals surface area (Å²) in [6.07, 6.45) is 2.08. The number of carbonyl (C=O) groups excluding carboxylic acids is 1. The van der Waals surface area contributed by atoms with Gasteiger partial charge in [0.25, 0.3) is 5.91 Å². The van der Waals surface area contributed by atoms with Crippen LogP contribution in [0.1, 0.15) is 28.8 Å². The van der Waals surface area contributed by atoms with E-state index in [9.17, 15) is 14.3 Å². The Hall–Kier alpha value is -1.42. The lowest BCUT2D eigenvalue weighted by atomic mass is 9.88. The Labute approximate surface area is 105 Å². The standard InChI is InChI=1S/C14H16FNO2/c1-9-2-5-12(15)11(6-9)13(17)16-7-14(18,8-16)10-3-4-10/h2,5-6,10,18H,3-4,7-8H2,1H3. The zero-order valence-corrected chi connectivity index (χ0v) is 10.3. The summed E-state index contributed by atoms with van der Waals surface area (Å²) in [6, 6.07) is 4.52. The van der Waals surface area contributed by atoms with Crippen molar-refractivity contribution in [3.63, 3.8) is 0 Å². The van der Waals surface area contributed by atoms with Crippen molar-refractivity contribution in [1.29, 1.82) is 0 Å². The molecular formula is C14H16FNO2. The second kappa shape index (κ2) is 3.79. The normalized spacial score (nSPS) is 21.6. The summed E-state index contributed by atoms with van der Waals surface area (Å²) in [4.78, 5) is 13.6. The predicted molar refractivity (Wildman–Crippen MR) is 64.7 cm³/mol. The molecule has 1 aromatic rings. The summed E-state index contributed by atoms with van der Waals surface area (Å²) in [5, 5.41) is 10.2. The number of hydrogen-bond donors (Lipinski definition) is 1. The third kappa shape index (κ3) is 1.81. The van der Waals surface area contributed by atoms with Gasteiger partial charge in [0, 0.05) is 0 Å². The summed E-state index contributed by atoms with van der Waals surface area (Å²) in [5.74, 6) is -0.474. The van der Waals surface area contributed by atoms with Gasteiger partial charge in [-0.15, -0.1) is 0 Å². The number of aliphatic hydroxyl groups is 1. The van der Waals surface area contributed by atoms with Crippen LogP contribution in [0.15, 0.2) is 18.2 Å². The molecule has 1 N–H and O–H groups in total.